The summed E-state index contributed by atoms with van der Waals surface area (Å²) in [6.07, 6.45) is 0.150. The van der Waals surface area contributed by atoms with Gasteiger partial charge in [0.2, 0.25) is 5.91 Å². The number of rotatable bonds is 6. The molecule has 3 rings (SSSR count). The van der Waals surface area contributed by atoms with Crippen molar-refractivity contribution in [2.24, 2.45) is 0 Å². The molecule has 0 radical (unpaired) electrons. The Hall–Kier alpha value is -2.09. The molecule has 0 unspecified atom stereocenters. The number of anilines is 1. The normalized spacial score (nSPS) is 10.5. The van der Waals surface area contributed by atoms with Crippen LogP contribution in [-0.4, -0.2) is 25.1 Å². The van der Waals surface area contributed by atoms with Gasteiger partial charge in [0.25, 0.3) is 0 Å². The van der Waals surface area contributed by atoms with E-state index in [9.17, 15) is 4.79 Å². The smallest absolute Gasteiger partial charge is 0.230 e. The molecule has 0 bridgehead atoms. The van der Waals surface area contributed by atoms with Gasteiger partial charge in [-0.25, -0.2) is 4.98 Å². The fourth-order valence-corrected chi connectivity index (χ4v) is 3.92. The SMILES string of the molecule is COc1cc(OC)c(NC(=O)Cc2csc(-c3cccc(Br)c3)n2)cc1Cl. The van der Waals surface area contributed by atoms with Gasteiger partial charge >= 0.3 is 0 Å². The minimum Gasteiger partial charge on any atom is -0.495 e. The van der Waals surface area contributed by atoms with Crippen molar-refractivity contribution in [3.63, 3.8) is 0 Å². The van der Waals surface area contributed by atoms with E-state index in [1.807, 2.05) is 29.6 Å². The van der Waals surface area contributed by atoms with Crippen LogP contribution >= 0.6 is 38.9 Å². The molecule has 0 aliphatic heterocycles. The first-order valence-electron chi connectivity index (χ1n) is 7.92. The van der Waals surface area contributed by atoms with Gasteiger partial charge in [0.05, 0.1) is 37.0 Å². The Bertz CT molecular complexity index is 977. The molecular formula is C19H16BrClN2O3S. The van der Waals surface area contributed by atoms with Crippen LogP contribution in [0.3, 0.4) is 0 Å². The van der Waals surface area contributed by atoms with Crippen LogP contribution in [0.1, 0.15) is 5.69 Å². The molecule has 2 aromatic carbocycles. The van der Waals surface area contributed by atoms with E-state index in [0.717, 1.165) is 15.0 Å². The highest BCUT2D eigenvalue weighted by atomic mass is 79.9. The molecule has 27 heavy (non-hydrogen) atoms. The van der Waals surface area contributed by atoms with Gasteiger partial charge < -0.3 is 14.8 Å². The number of methoxy groups -OCH3 is 2. The van der Waals surface area contributed by atoms with E-state index < -0.39 is 0 Å². The molecule has 3 aromatic rings. The van der Waals surface area contributed by atoms with E-state index in [0.29, 0.717) is 27.9 Å². The zero-order valence-electron chi connectivity index (χ0n) is 14.6. The number of amides is 1. The Morgan fingerprint density at radius 1 is 1.22 bits per heavy atom. The lowest BCUT2D eigenvalue weighted by Crippen LogP contribution is -2.15. The van der Waals surface area contributed by atoms with E-state index in [1.54, 1.807) is 12.1 Å². The van der Waals surface area contributed by atoms with Crippen LogP contribution in [0.25, 0.3) is 10.6 Å². The maximum absolute atomic E-state index is 12.4. The summed E-state index contributed by atoms with van der Waals surface area (Å²) in [4.78, 5) is 17.0. The summed E-state index contributed by atoms with van der Waals surface area (Å²) in [6.45, 7) is 0. The number of hydrogen-bond acceptors (Lipinski definition) is 5. The maximum atomic E-state index is 12.4. The Balaban J connectivity index is 1.73. The number of aromatic nitrogens is 1. The Kier molecular flexibility index (Phi) is 6.36. The number of thiazole rings is 1. The molecule has 0 saturated heterocycles. The summed E-state index contributed by atoms with van der Waals surface area (Å²) in [5.74, 6) is 0.739. The Morgan fingerprint density at radius 2 is 2.00 bits per heavy atom. The van der Waals surface area contributed by atoms with Crippen molar-refractivity contribution < 1.29 is 14.3 Å². The van der Waals surface area contributed by atoms with Gasteiger partial charge in [0.15, 0.2) is 0 Å². The topological polar surface area (TPSA) is 60.5 Å². The molecule has 0 aliphatic carbocycles. The van der Waals surface area contributed by atoms with Crippen LogP contribution in [0.2, 0.25) is 5.02 Å². The zero-order chi connectivity index (χ0) is 19.4. The predicted molar refractivity (Wildman–Crippen MR) is 112 cm³/mol. The summed E-state index contributed by atoms with van der Waals surface area (Å²) in [5.41, 5.74) is 2.19. The molecule has 0 fully saturated rings. The Labute approximate surface area is 174 Å². The number of hydrogen-bond donors (Lipinski definition) is 1. The van der Waals surface area contributed by atoms with Crippen LogP contribution in [0, 0.1) is 0 Å². The van der Waals surface area contributed by atoms with E-state index in [-0.39, 0.29) is 12.3 Å². The first-order valence-corrected chi connectivity index (χ1v) is 9.97. The molecule has 0 saturated carbocycles. The van der Waals surface area contributed by atoms with E-state index >= 15 is 0 Å². The van der Waals surface area contributed by atoms with Gasteiger partial charge in [-0.05, 0) is 18.2 Å². The summed E-state index contributed by atoms with van der Waals surface area (Å²) < 4.78 is 11.4. The lowest BCUT2D eigenvalue weighted by molar-refractivity contribution is -0.115. The number of halogens is 2. The van der Waals surface area contributed by atoms with Gasteiger partial charge in [0.1, 0.15) is 16.5 Å². The maximum Gasteiger partial charge on any atom is 0.230 e. The van der Waals surface area contributed by atoms with Gasteiger partial charge in [-0.3, -0.25) is 4.79 Å². The third-order valence-corrected chi connectivity index (χ3v) is 5.44. The number of benzene rings is 2. The van der Waals surface area contributed by atoms with Crippen molar-refractivity contribution in [1.82, 2.24) is 4.98 Å². The minimum absolute atomic E-state index is 0.150. The summed E-state index contributed by atoms with van der Waals surface area (Å²) in [5, 5.41) is 5.95. The standard InChI is InChI=1S/C19H16BrClN2O3S/c1-25-16-9-17(26-2)15(8-14(16)21)23-18(24)7-13-10-27-19(22-13)11-4-3-5-12(20)6-11/h3-6,8-10H,7H2,1-2H3,(H,23,24). The van der Waals surface area contributed by atoms with Crippen molar-refractivity contribution in [2.45, 2.75) is 6.42 Å². The zero-order valence-corrected chi connectivity index (χ0v) is 17.7. The van der Waals surface area contributed by atoms with Crippen LogP contribution in [0.4, 0.5) is 5.69 Å². The second-order valence-electron chi connectivity index (χ2n) is 5.57. The van der Waals surface area contributed by atoms with Gasteiger partial charge in [-0.15, -0.1) is 11.3 Å². The van der Waals surface area contributed by atoms with Gasteiger partial charge in [0, 0.05) is 21.5 Å². The number of carbonyl (C=O) groups excluding carboxylic acids is 1. The fraction of sp³-hybridized carbons (Fsp3) is 0.158. The molecule has 0 atom stereocenters. The molecule has 1 amide bonds. The lowest BCUT2D eigenvalue weighted by Gasteiger charge is -2.12. The molecule has 8 heteroatoms. The number of carbonyl (C=O) groups is 1. The second-order valence-corrected chi connectivity index (χ2v) is 7.75. The third-order valence-electron chi connectivity index (χ3n) is 3.71. The monoisotopic (exact) mass is 466 g/mol. The minimum atomic E-state index is -0.208. The average Bonchev–Trinajstić information content (AvgIpc) is 3.10. The second kappa shape index (κ2) is 8.73. The molecule has 5 nitrogen and oxygen atoms in total. The molecule has 0 aliphatic rings. The summed E-state index contributed by atoms with van der Waals surface area (Å²) in [6, 6.07) is 11.1. The van der Waals surface area contributed by atoms with Crippen molar-refractivity contribution in [2.75, 3.05) is 19.5 Å². The highest BCUT2D eigenvalue weighted by Crippen LogP contribution is 2.36. The highest BCUT2D eigenvalue weighted by Gasteiger charge is 2.14. The number of ether oxygens (including phenoxy) is 2. The van der Waals surface area contributed by atoms with Crippen LogP contribution in [0.15, 0.2) is 46.3 Å². The van der Waals surface area contributed by atoms with Crippen LogP contribution in [0.5, 0.6) is 11.5 Å². The molecule has 1 heterocycles. The van der Waals surface area contributed by atoms with Crippen molar-refractivity contribution in [3.8, 4) is 22.1 Å². The first-order chi connectivity index (χ1) is 13.0. The molecule has 1 aromatic heterocycles. The van der Waals surface area contributed by atoms with Crippen molar-refractivity contribution in [3.05, 3.63) is 57.0 Å². The van der Waals surface area contributed by atoms with Gasteiger partial charge in [-0.2, -0.15) is 0 Å². The lowest BCUT2D eigenvalue weighted by atomic mass is 10.2. The van der Waals surface area contributed by atoms with Crippen molar-refractivity contribution in [1.29, 1.82) is 0 Å². The average molecular weight is 468 g/mol. The fourth-order valence-electron chi connectivity index (χ4n) is 2.46. The molecule has 1 N–H and O–H groups in total. The summed E-state index contributed by atoms with van der Waals surface area (Å²) >= 11 is 11.1. The molecule has 140 valence electrons. The van der Waals surface area contributed by atoms with Crippen LogP contribution < -0.4 is 14.8 Å². The predicted octanol–water partition coefficient (Wildman–Crippen LogP) is 5.42. The number of nitrogens with one attached hydrogen (secondary N) is 1. The van der Waals surface area contributed by atoms with Gasteiger partial charge in [-0.1, -0.05) is 39.7 Å². The third kappa shape index (κ3) is 4.80. The quantitative estimate of drug-likeness (QED) is 0.525. The van der Waals surface area contributed by atoms with E-state index in [1.165, 1.54) is 25.6 Å². The first kappa shape index (κ1) is 19.7. The van der Waals surface area contributed by atoms with E-state index in [4.69, 9.17) is 21.1 Å². The van der Waals surface area contributed by atoms with Crippen molar-refractivity contribution >= 4 is 50.5 Å². The molecular weight excluding hydrogens is 452 g/mol. The van der Waals surface area contributed by atoms with E-state index in [2.05, 4.69) is 26.2 Å². The number of nitrogens with zero attached hydrogens (tertiary/aromatic N) is 1. The summed E-state index contributed by atoms with van der Waals surface area (Å²) in [7, 11) is 3.03. The Morgan fingerprint density at radius 3 is 2.70 bits per heavy atom. The molecule has 0 spiro atoms. The largest absolute Gasteiger partial charge is 0.495 e. The highest BCUT2D eigenvalue weighted by molar-refractivity contribution is 9.10. The van der Waals surface area contributed by atoms with Crippen LogP contribution in [-0.2, 0) is 11.2 Å².